The number of methoxy groups -OCH3 is 2. The number of anilines is 1. The third-order valence-electron chi connectivity index (χ3n) is 6.46. The van der Waals surface area contributed by atoms with Gasteiger partial charge >= 0.3 is 0 Å². The van der Waals surface area contributed by atoms with Gasteiger partial charge in [0.1, 0.15) is 24.1 Å². The molecular weight excluding hydrogens is 613 g/mol. The zero-order valence-corrected chi connectivity index (χ0v) is 27.4. The Morgan fingerprint density at radius 3 is 2.19 bits per heavy atom. The van der Waals surface area contributed by atoms with E-state index in [2.05, 4.69) is 5.32 Å². The SMILES string of the molecule is COc1ccc(OC)c(N(CC(=O)N(Cc2ccc(Cl)cc2Cl)[C@@H](Cc2ccccc2)C(=O)NC(C)(C)C)S(C)(=O)=O)c1. The van der Waals surface area contributed by atoms with E-state index in [0.29, 0.717) is 21.4 Å². The van der Waals surface area contributed by atoms with Gasteiger partial charge in [0.15, 0.2) is 0 Å². The predicted octanol–water partition coefficient (Wildman–Crippen LogP) is 5.33. The zero-order valence-electron chi connectivity index (χ0n) is 25.1. The van der Waals surface area contributed by atoms with E-state index in [1.54, 1.807) is 30.3 Å². The molecule has 9 nitrogen and oxygen atoms in total. The number of rotatable bonds is 12. The summed E-state index contributed by atoms with van der Waals surface area (Å²) in [4.78, 5) is 29.5. The molecule has 0 aliphatic heterocycles. The maximum Gasteiger partial charge on any atom is 0.244 e. The minimum atomic E-state index is -4.02. The number of carbonyl (C=O) groups excluding carboxylic acids is 2. The first-order valence-electron chi connectivity index (χ1n) is 13.4. The van der Waals surface area contributed by atoms with Crippen LogP contribution in [0.15, 0.2) is 66.7 Å². The molecule has 0 fully saturated rings. The highest BCUT2D eigenvalue weighted by molar-refractivity contribution is 7.92. The van der Waals surface area contributed by atoms with Crippen molar-refractivity contribution < 1.29 is 27.5 Å². The molecule has 3 rings (SSSR count). The fraction of sp³-hybridized carbons (Fsp3) is 0.355. The van der Waals surface area contributed by atoms with Crippen LogP contribution >= 0.6 is 23.2 Å². The fourth-order valence-electron chi connectivity index (χ4n) is 4.43. The molecule has 0 aliphatic carbocycles. The Hall–Kier alpha value is -3.47. The van der Waals surface area contributed by atoms with Crippen LogP contribution in [0.25, 0.3) is 0 Å². The molecule has 0 spiro atoms. The smallest absolute Gasteiger partial charge is 0.244 e. The Kier molecular flexibility index (Phi) is 11.3. The molecule has 12 heteroatoms. The first-order valence-corrected chi connectivity index (χ1v) is 16.0. The average Bonchev–Trinajstić information content (AvgIpc) is 2.93. The summed E-state index contributed by atoms with van der Waals surface area (Å²) in [6.45, 7) is 4.81. The number of amides is 2. The second-order valence-electron chi connectivity index (χ2n) is 11.0. The number of carbonyl (C=O) groups is 2. The third-order valence-corrected chi connectivity index (χ3v) is 8.17. The Morgan fingerprint density at radius 2 is 1.63 bits per heavy atom. The van der Waals surface area contributed by atoms with Crippen molar-refractivity contribution in [1.29, 1.82) is 0 Å². The number of hydrogen-bond donors (Lipinski definition) is 1. The van der Waals surface area contributed by atoms with Crippen LogP contribution in [0.4, 0.5) is 5.69 Å². The highest BCUT2D eigenvalue weighted by Gasteiger charge is 2.35. The number of nitrogens with zero attached hydrogens (tertiary/aromatic N) is 2. The van der Waals surface area contributed by atoms with Crippen LogP contribution in [0, 0.1) is 0 Å². The van der Waals surface area contributed by atoms with Gasteiger partial charge in [0.2, 0.25) is 21.8 Å². The molecule has 0 saturated carbocycles. The van der Waals surface area contributed by atoms with Crippen molar-refractivity contribution in [2.45, 2.75) is 45.3 Å². The van der Waals surface area contributed by atoms with Crippen LogP contribution in [0.5, 0.6) is 11.5 Å². The Balaban J connectivity index is 2.15. The molecular formula is C31H37Cl2N3O6S. The summed E-state index contributed by atoms with van der Waals surface area (Å²) < 4.78 is 37.9. The van der Waals surface area contributed by atoms with Crippen LogP contribution < -0.4 is 19.1 Å². The first-order chi connectivity index (χ1) is 20.1. The van der Waals surface area contributed by atoms with Crippen molar-refractivity contribution >= 4 is 50.7 Å². The van der Waals surface area contributed by atoms with Crippen LogP contribution in [0.3, 0.4) is 0 Å². The Labute approximate surface area is 263 Å². The monoisotopic (exact) mass is 649 g/mol. The highest BCUT2D eigenvalue weighted by atomic mass is 35.5. The van der Waals surface area contributed by atoms with Crippen LogP contribution in [-0.4, -0.2) is 63.7 Å². The normalized spacial score (nSPS) is 12.3. The second-order valence-corrected chi connectivity index (χ2v) is 13.8. The van der Waals surface area contributed by atoms with E-state index in [4.69, 9.17) is 32.7 Å². The number of halogens is 2. The molecule has 232 valence electrons. The van der Waals surface area contributed by atoms with Gasteiger partial charge in [-0.25, -0.2) is 8.42 Å². The summed E-state index contributed by atoms with van der Waals surface area (Å²) in [6, 6.07) is 17.7. The molecule has 3 aromatic rings. The summed E-state index contributed by atoms with van der Waals surface area (Å²) in [6.07, 6.45) is 1.16. The lowest BCUT2D eigenvalue weighted by Crippen LogP contribution is -2.56. The molecule has 1 atom stereocenters. The van der Waals surface area contributed by atoms with Gasteiger partial charge in [-0.3, -0.25) is 13.9 Å². The van der Waals surface area contributed by atoms with Gasteiger partial charge in [-0.1, -0.05) is 59.6 Å². The van der Waals surface area contributed by atoms with Gasteiger partial charge in [0.25, 0.3) is 0 Å². The predicted molar refractivity (Wildman–Crippen MR) is 171 cm³/mol. The van der Waals surface area contributed by atoms with Gasteiger partial charge in [-0.05, 0) is 56.2 Å². The molecule has 3 aromatic carbocycles. The Morgan fingerprint density at radius 1 is 0.953 bits per heavy atom. The highest BCUT2D eigenvalue weighted by Crippen LogP contribution is 2.34. The lowest BCUT2D eigenvalue weighted by molar-refractivity contribution is -0.140. The van der Waals surface area contributed by atoms with E-state index >= 15 is 0 Å². The number of nitrogens with one attached hydrogen (secondary N) is 1. The van der Waals surface area contributed by atoms with E-state index < -0.39 is 40.0 Å². The molecule has 43 heavy (non-hydrogen) atoms. The molecule has 0 unspecified atom stereocenters. The fourth-order valence-corrected chi connectivity index (χ4v) is 5.74. The van der Waals surface area contributed by atoms with Crippen molar-refractivity contribution in [2.24, 2.45) is 0 Å². The standard InChI is InChI=1S/C31H37Cl2N3O6S/c1-31(2,3)34-30(38)27(16-21-10-8-7-9-11-21)35(19-22-12-13-23(32)17-25(22)33)29(37)20-36(43(6,39)40)26-18-24(41-4)14-15-28(26)42-5/h7-15,17-18,27H,16,19-20H2,1-6H3,(H,34,38)/t27-/m0/s1. The van der Waals surface area contributed by atoms with Gasteiger partial charge in [-0.15, -0.1) is 0 Å². The lowest BCUT2D eigenvalue weighted by atomic mass is 10.0. The Bertz CT molecular complexity index is 1540. The van der Waals surface area contributed by atoms with Crippen LogP contribution in [-0.2, 0) is 32.6 Å². The second kappa shape index (κ2) is 14.3. The van der Waals surface area contributed by atoms with Crippen molar-refractivity contribution in [3.8, 4) is 11.5 Å². The largest absolute Gasteiger partial charge is 0.497 e. The van der Waals surface area contributed by atoms with E-state index in [0.717, 1.165) is 16.1 Å². The van der Waals surface area contributed by atoms with Gasteiger partial charge in [0, 0.05) is 34.6 Å². The maximum atomic E-state index is 14.3. The molecule has 1 N–H and O–H groups in total. The number of ether oxygens (including phenoxy) is 2. The van der Waals surface area contributed by atoms with Gasteiger partial charge < -0.3 is 19.7 Å². The molecule has 0 aromatic heterocycles. The summed E-state index contributed by atoms with van der Waals surface area (Å²) >= 11 is 12.6. The molecule has 0 aliphatic rings. The first kappa shape index (κ1) is 34.0. The molecule has 0 radical (unpaired) electrons. The van der Waals surface area contributed by atoms with Crippen molar-refractivity contribution in [2.75, 3.05) is 31.3 Å². The minimum absolute atomic E-state index is 0.0866. The van der Waals surface area contributed by atoms with Crippen molar-refractivity contribution in [3.05, 3.63) is 87.9 Å². The average molecular weight is 651 g/mol. The minimum Gasteiger partial charge on any atom is -0.497 e. The maximum absolute atomic E-state index is 14.3. The summed E-state index contributed by atoms with van der Waals surface area (Å²) in [7, 11) is -1.17. The summed E-state index contributed by atoms with van der Waals surface area (Å²) in [5.74, 6) is -0.447. The van der Waals surface area contributed by atoms with E-state index in [1.165, 1.54) is 25.2 Å². The van der Waals surface area contributed by atoms with Gasteiger partial charge in [-0.2, -0.15) is 0 Å². The number of sulfonamides is 1. The van der Waals surface area contributed by atoms with Crippen LogP contribution in [0.1, 0.15) is 31.9 Å². The van der Waals surface area contributed by atoms with Crippen molar-refractivity contribution in [1.82, 2.24) is 10.2 Å². The molecule has 0 saturated heterocycles. The summed E-state index contributed by atoms with van der Waals surface area (Å²) in [5.41, 5.74) is 0.851. The van der Waals surface area contributed by atoms with Crippen LogP contribution in [0.2, 0.25) is 10.0 Å². The quantitative estimate of drug-likeness (QED) is 0.284. The van der Waals surface area contributed by atoms with Gasteiger partial charge in [0.05, 0.1) is 26.2 Å². The molecule has 2 amide bonds. The van der Waals surface area contributed by atoms with E-state index in [-0.39, 0.29) is 24.4 Å². The third kappa shape index (κ3) is 9.51. The van der Waals surface area contributed by atoms with Crippen molar-refractivity contribution in [3.63, 3.8) is 0 Å². The van der Waals surface area contributed by atoms with E-state index in [9.17, 15) is 18.0 Å². The summed E-state index contributed by atoms with van der Waals surface area (Å²) in [5, 5.41) is 3.69. The number of hydrogen-bond acceptors (Lipinski definition) is 6. The molecule has 0 bridgehead atoms. The topological polar surface area (TPSA) is 105 Å². The lowest BCUT2D eigenvalue weighted by Gasteiger charge is -2.35. The number of benzene rings is 3. The zero-order chi connectivity index (χ0) is 31.9. The van der Waals surface area contributed by atoms with E-state index in [1.807, 2.05) is 51.1 Å². The molecule has 0 heterocycles.